The van der Waals surface area contributed by atoms with Crippen LogP contribution in [0, 0.1) is 0 Å². The molecule has 1 aromatic carbocycles. The van der Waals surface area contributed by atoms with Gasteiger partial charge in [-0.1, -0.05) is 0 Å². The summed E-state index contributed by atoms with van der Waals surface area (Å²) in [6, 6.07) is 8.30. The zero-order valence-corrected chi connectivity index (χ0v) is 11.9. The third-order valence-corrected chi connectivity index (χ3v) is 4.16. The summed E-state index contributed by atoms with van der Waals surface area (Å²) in [4.78, 5) is 16.4. The van der Waals surface area contributed by atoms with E-state index in [9.17, 15) is 9.90 Å². The highest BCUT2D eigenvalue weighted by molar-refractivity contribution is 7.12. The second-order valence-electron chi connectivity index (χ2n) is 4.05. The molecular weight excluding hydrogens is 292 g/mol. The van der Waals surface area contributed by atoms with Crippen molar-refractivity contribution in [2.75, 3.05) is 5.32 Å². The second-order valence-corrected chi connectivity index (χ2v) is 5.69. The van der Waals surface area contributed by atoms with Gasteiger partial charge in [-0.3, -0.25) is 4.79 Å². The number of carbonyl (C=O) groups excluding carboxylic acids is 1. The number of benzene rings is 1. The molecule has 0 saturated heterocycles. The van der Waals surface area contributed by atoms with Crippen LogP contribution >= 0.6 is 22.7 Å². The molecule has 0 saturated carbocycles. The summed E-state index contributed by atoms with van der Waals surface area (Å²) in [7, 11) is 0. The molecule has 100 valence electrons. The predicted molar refractivity (Wildman–Crippen MR) is 81.5 cm³/mol. The quantitative estimate of drug-likeness (QED) is 0.723. The van der Waals surface area contributed by atoms with Gasteiger partial charge in [0.1, 0.15) is 5.75 Å². The average Bonchev–Trinajstić information content (AvgIpc) is 3.11. The number of amides is 1. The molecule has 0 bridgehead atoms. The van der Waals surface area contributed by atoms with Gasteiger partial charge in [-0.15, -0.1) is 11.3 Å². The number of carbonyl (C=O) groups is 1. The normalized spacial score (nSPS) is 10.4. The van der Waals surface area contributed by atoms with Gasteiger partial charge in [-0.25, -0.2) is 4.98 Å². The van der Waals surface area contributed by atoms with Crippen molar-refractivity contribution in [2.24, 2.45) is 0 Å². The summed E-state index contributed by atoms with van der Waals surface area (Å²) < 4.78 is 0. The van der Waals surface area contributed by atoms with Gasteiger partial charge in [-0.2, -0.15) is 11.3 Å². The Kier molecular flexibility index (Phi) is 3.49. The van der Waals surface area contributed by atoms with E-state index >= 15 is 0 Å². The predicted octanol–water partition coefficient (Wildman–Crippen LogP) is 3.83. The maximum atomic E-state index is 12.1. The number of rotatable bonds is 3. The number of hydrogen-bond donors (Lipinski definition) is 2. The number of phenols is 1. The van der Waals surface area contributed by atoms with Gasteiger partial charge in [0.15, 0.2) is 5.01 Å². The molecule has 0 atom stereocenters. The van der Waals surface area contributed by atoms with E-state index in [1.165, 1.54) is 23.5 Å². The highest BCUT2D eigenvalue weighted by Gasteiger charge is 2.12. The number of hydrogen-bond acceptors (Lipinski definition) is 5. The number of anilines is 1. The number of aromatic nitrogens is 1. The number of phenolic OH excluding ortho intramolecular Hbond substituents is 1. The van der Waals surface area contributed by atoms with Crippen molar-refractivity contribution < 1.29 is 9.90 Å². The highest BCUT2D eigenvalue weighted by Crippen LogP contribution is 2.24. The van der Waals surface area contributed by atoms with Crippen molar-refractivity contribution in [3.63, 3.8) is 0 Å². The van der Waals surface area contributed by atoms with E-state index in [-0.39, 0.29) is 11.7 Å². The zero-order valence-electron chi connectivity index (χ0n) is 10.2. The molecule has 0 aliphatic rings. The summed E-state index contributed by atoms with van der Waals surface area (Å²) >= 11 is 2.91. The third-order valence-electron chi connectivity index (χ3n) is 2.64. The van der Waals surface area contributed by atoms with Gasteiger partial charge in [0.2, 0.25) is 0 Å². The van der Waals surface area contributed by atoms with Crippen molar-refractivity contribution in [1.29, 1.82) is 0 Å². The summed E-state index contributed by atoms with van der Waals surface area (Å²) in [5.74, 6) is -0.0841. The fourth-order valence-corrected chi connectivity index (χ4v) is 3.02. The number of thiophene rings is 1. The molecular formula is C14H10N2O2S2. The van der Waals surface area contributed by atoms with Crippen molar-refractivity contribution in [1.82, 2.24) is 4.98 Å². The summed E-state index contributed by atoms with van der Waals surface area (Å²) in [6.45, 7) is 0. The SMILES string of the molecule is O=C(Nc1ccc(O)cc1)c1nc(-c2ccsc2)cs1. The van der Waals surface area contributed by atoms with Gasteiger partial charge < -0.3 is 10.4 Å². The minimum atomic E-state index is -0.248. The summed E-state index contributed by atoms with van der Waals surface area (Å²) in [5, 5.41) is 18.2. The first-order valence-electron chi connectivity index (χ1n) is 5.81. The zero-order chi connectivity index (χ0) is 13.9. The summed E-state index contributed by atoms with van der Waals surface area (Å²) in [5.41, 5.74) is 2.46. The van der Waals surface area contributed by atoms with Crippen LogP contribution in [0.3, 0.4) is 0 Å². The molecule has 2 aromatic heterocycles. The van der Waals surface area contributed by atoms with Crippen LogP contribution in [0.2, 0.25) is 0 Å². The van der Waals surface area contributed by atoms with E-state index in [4.69, 9.17) is 0 Å². The molecule has 6 heteroatoms. The molecule has 0 radical (unpaired) electrons. The first kappa shape index (κ1) is 12.8. The Morgan fingerprint density at radius 3 is 2.65 bits per heavy atom. The first-order valence-corrected chi connectivity index (χ1v) is 7.63. The van der Waals surface area contributed by atoms with Crippen molar-refractivity contribution in [3.8, 4) is 17.0 Å². The molecule has 3 rings (SSSR count). The minimum absolute atomic E-state index is 0.164. The van der Waals surface area contributed by atoms with Gasteiger partial charge in [0.25, 0.3) is 5.91 Å². The van der Waals surface area contributed by atoms with Crippen LogP contribution in [0.25, 0.3) is 11.3 Å². The second kappa shape index (κ2) is 5.44. The van der Waals surface area contributed by atoms with Gasteiger partial charge in [-0.05, 0) is 35.7 Å². The smallest absolute Gasteiger partial charge is 0.284 e. The Bertz CT molecular complexity index is 718. The van der Waals surface area contributed by atoms with Crippen LogP contribution in [-0.2, 0) is 0 Å². The lowest BCUT2D eigenvalue weighted by Gasteiger charge is -2.02. The Morgan fingerprint density at radius 1 is 1.15 bits per heavy atom. The van der Waals surface area contributed by atoms with Gasteiger partial charge >= 0.3 is 0 Å². The standard InChI is InChI=1S/C14H10N2O2S2/c17-11-3-1-10(2-4-11)15-13(18)14-16-12(8-20-14)9-5-6-19-7-9/h1-8,17H,(H,15,18). The molecule has 2 N–H and O–H groups in total. The van der Waals surface area contributed by atoms with E-state index in [2.05, 4.69) is 10.3 Å². The molecule has 0 aliphatic heterocycles. The maximum absolute atomic E-state index is 12.1. The molecule has 4 nitrogen and oxygen atoms in total. The molecule has 3 aromatic rings. The van der Waals surface area contributed by atoms with Crippen molar-refractivity contribution in [3.05, 3.63) is 51.5 Å². The topological polar surface area (TPSA) is 62.2 Å². The molecule has 0 spiro atoms. The summed E-state index contributed by atoms with van der Waals surface area (Å²) in [6.07, 6.45) is 0. The van der Waals surface area contributed by atoms with Crippen LogP contribution < -0.4 is 5.32 Å². The first-order chi connectivity index (χ1) is 9.72. The van der Waals surface area contributed by atoms with Crippen molar-refractivity contribution in [2.45, 2.75) is 0 Å². The lowest BCUT2D eigenvalue weighted by Crippen LogP contribution is -2.11. The van der Waals surface area contributed by atoms with Crippen LogP contribution in [-0.4, -0.2) is 16.0 Å². The lowest BCUT2D eigenvalue weighted by atomic mass is 10.3. The number of nitrogens with one attached hydrogen (secondary N) is 1. The van der Waals surface area contributed by atoms with E-state index in [1.54, 1.807) is 23.5 Å². The van der Waals surface area contributed by atoms with Crippen LogP contribution in [0.5, 0.6) is 5.75 Å². The van der Waals surface area contributed by atoms with Crippen LogP contribution in [0.15, 0.2) is 46.5 Å². The highest BCUT2D eigenvalue weighted by atomic mass is 32.1. The van der Waals surface area contributed by atoms with E-state index in [0.29, 0.717) is 10.7 Å². The maximum Gasteiger partial charge on any atom is 0.284 e. The monoisotopic (exact) mass is 302 g/mol. The fraction of sp³-hybridized carbons (Fsp3) is 0. The fourth-order valence-electron chi connectivity index (χ4n) is 1.65. The largest absolute Gasteiger partial charge is 0.508 e. The van der Waals surface area contributed by atoms with Crippen molar-refractivity contribution >= 4 is 34.3 Å². The molecule has 0 fully saturated rings. The Hall–Kier alpha value is -2.18. The molecule has 20 heavy (non-hydrogen) atoms. The van der Waals surface area contributed by atoms with Gasteiger partial charge in [0.05, 0.1) is 5.69 Å². The Morgan fingerprint density at radius 2 is 1.95 bits per heavy atom. The number of aromatic hydroxyl groups is 1. The van der Waals surface area contributed by atoms with E-state index in [0.717, 1.165) is 11.3 Å². The minimum Gasteiger partial charge on any atom is -0.508 e. The van der Waals surface area contributed by atoms with Crippen LogP contribution in [0.1, 0.15) is 9.80 Å². The molecule has 2 heterocycles. The average molecular weight is 302 g/mol. The third kappa shape index (κ3) is 2.71. The lowest BCUT2D eigenvalue weighted by molar-refractivity contribution is 0.102. The Balaban J connectivity index is 1.76. The van der Waals surface area contributed by atoms with E-state index < -0.39 is 0 Å². The van der Waals surface area contributed by atoms with E-state index in [1.807, 2.05) is 22.2 Å². The van der Waals surface area contributed by atoms with Crippen LogP contribution in [0.4, 0.5) is 5.69 Å². The van der Waals surface area contributed by atoms with Gasteiger partial charge in [0, 0.05) is 22.0 Å². The number of thiazole rings is 1. The molecule has 0 unspecified atom stereocenters. The number of nitrogens with zero attached hydrogens (tertiary/aromatic N) is 1. The molecule has 0 aliphatic carbocycles. The molecule has 1 amide bonds. The Labute approximate surface area is 123 Å².